The summed E-state index contributed by atoms with van der Waals surface area (Å²) in [5, 5.41) is 3.85. The predicted molar refractivity (Wildman–Crippen MR) is 108 cm³/mol. The summed E-state index contributed by atoms with van der Waals surface area (Å²) in [6, 6.07) is 7.98. The maximum atomic E-state index is 6.42. The molecule has 0 unspecified atom stereocenters. The van der Waals surface area contributed by atoms with Crippen LogP contribution in [-0.4, -0.2) is 32.3 Å². The molecule has 0 atom stereocenters. The Hall–Kier alpha value is -0.790. The van der Waals surface area contributed by atoms with Gasteiger partial charge in [-0.3, -0.25) is 4.99 Å². The van der Waals surface area contributed by atoms with E-state index >= 15 is 0 Å². The smallest absolute Gasteiger partial charge is 0.188 e. The van der Waals surface area contributed by atoms with Crippen molar-refractivity contribution in [1.82, 2.24) is 5.32 Å². The van der Waals surface area contributed by atoms with Gasteiger partial charge in [-0.2, -0.15) is 0 Å². The molecule has 3 N–H and O–H groups in total. The van der Waals surface area contributed by atoms with Gasteiger partial charge in [0.15, 0.2) is 5.96 Å². The van der Waals surface area contributed by atoms with E-state index in [2.05, 4.69) is 23.0 Å². The number of rotatable bonds is 5. The summed E-state index contributed by atoms with van der Waals surface area (Å²) in [6.45, 7) is 8.48. The van der Waals surface area contributed by atoms with Crippen molar-refractivity contribution in [2.45, 2.75) is 25.2 Å². The van der Waals surface area contributed by atoms with E-state index in [0.717, 1.165) is 42.2 Å². The van der Waals surface area contributed by atoms with Gasteiger partial charge in [-0.05, 0) is 31.4 Å². The van der Waals surface area contributed by atoms with E-state index in [-0.39, 0.29) is 29.4 Å². The summed E-state index contributed by atoms with van der Waals surface area (Å²) in [6.07, 6.45) is 1.79. The Bertz CT molecular complexity index is 557. The molecule has 2 rings (SSSR count). The van der Waals surface area contributed by atoms with Gasteiger partial charge in [0.2, 0.25) is 0 Å². The first-order chi connectivity index (χ1) is 10.5. The fourth-order valence-electron chi connectivity index (χ4n) is 2.70. The Labute approximate surface area is 160 Å². The number of benzene rings is 1. The van der Waals surface area contributed by atoms with E-state index in [1.807, 2.05) is 25.1 Å². The van der Waals surface area contributed by atoms with Crippen LogP contribution in [0, 0.1) is 0 Å². The molecule has 1 heterocycles. The van der Waals surface area contributed by atoms with Crippen LogP contribution in [0.4, 0.5) is 0 Å². The highest BCUT2D eigenvalue weighted by Gasteiger charge is 2.35. The Morgan fingerprint density at radius 2 is 2.04 bits per heavy atom. The number of guanidine groups is 1. The first kappa shape index (κ1) is 20.3. The normalized spacial score (nSPS) is 17.2. The number of ether oxygens (including phenoxy) is 1. The second kappa shape index (κ2) is 9.49. The van der Waals surface area contributed by atoms with E-state index in [1.165, 1.54) is 0 Å². The molecule has 6 heteroatoms. The van der Waals surface area contributed by atoms with Gasteiger partial charge in [0.05, 0.1) is 6.54 Å². The molecule has 0 bridgehead atoms. The molecule has 1 aromatic rings. The predicted octanol–water partition coefficient (Wildman–Crippen LogP) is 3.49. The molecule has 4 nitrogen and oxygen atoms in total. The Morgan fingerprint density at radius 3 is 2.65 bits per heavy atom. The van der Waals surface area contributed by atoms with Crippen molar-refractivity contribution < 1.29 is 4.74 Å². The largest absolute Gasteiger partial charge is 0.381 e. The zero-order chi connectivity index (χ0) is 16.0. The number of nitrogens with zero attached hydrogens (tertiary/aromatic N) is 1. The Morgan fingerprint density at radius 1 is 1.39 bits per heavy atom. The van der Waals surface area contributed by atoms with Crippen molar-refractivity contribution in [3.05, 3.63) is 47.0 Å². The van der Waals surface area contributed by atoms with Gasteiger partial charge in [0.25, 0.3) is 0 Å². The van der Waals surface area contributed by atoms with Gasteiger partial charge in [-0.1, -0.05) is 42.0 Å². The van der Waals surface area contributed by atoms with Crippen LogP contribution in [0.15, 0.2) is 41.4 Å². The lowest BCUT2D eigenvalue weighted by Crippen LogP contribution is -2.39. The minimum atomic E-state index is -0.105. The summed E-state index contributed by atoms with van der Waals surface area (Å²) in [5.74, 6) is 0.445. The summed E-state index contributed by atoms with van der Waals surface area (Å²) >= 11 is 6.42. The standard InChI is InChI=1S/C17H24ClN3O.HI/c1-13(2)11-20-16(19)21-12-17(7-9-22-10-8-17)14-5-3-4-6-15(14)18;/h3-6H,1,7-12H2,2H3,(H3,19,20,21);1H. The van der Waals surface area contributed by atoms with Gasteiger partial charge < -0.3 is 15.8 Å². The lowest BCUT2D eigenvalue weighted by molar-refractivity contribution is 0.0531. The molecule has 23 heavy (non-hydrogen) atoms. The molecule has 1 aliphatic rings. The zero-order valence-corrected chi connectivity index (χ0v) is 16.6. The maximum absolute atomic E-state index is 6.42. The average molecular weight is 450 g/mol. The van der Waals surface area contributed by atoms with E-state index < -0.39 is 0 Å². The highest BCUT2D eigenvalue weighted by atomic mass is 127. The van der Waals surface area contributed by atoms with Gasteiger partial charge >= 0.3 is 0 Å². The van der Waals surface area contributed by atoms with Crippen molar-refractivity contribution in [3.8, 4) is 0 Å². The first-order valence-electron chi connectivity index (χ1n) is 7.54. The molecule has 1 saturated heterocycles. The average Bonchev–Trinajstić information content (AvgIpc) is 2.52. The second-order valence-corrected chi connectivity index (χ2v) is 6.29. The fourth-order valence-corrected chi connectivity index (χ4v) is 3.04. The van der Waals surface area contributed by atoms with Crippen molar-refractivity contribution in [2.24, 2.45) is 10.7 Å². The molecule has 1 aromatic carbocycles. The van der Waals surface area contributed by atoms with Gasteiger partial charge in [0, 0.05) is 30.2 Å². The summed E-state index contributed by atoms with van der Waals surface area (Å²) < 4.78 is 5.52. The third kappa shape index (κ3) is 5.65. The van der Waals surface area contributed by atoms with E-state index in [9.17, 15) is 0 Å². The lowest BCUT2D eigenvalue weighted by Gasteiger charge is -2.37. The third-order valence-corrected chi connectivity index (χ3v) is 4.35. The fraction of sp³-hybridized carbons (Fsp3) is 0.471. The maximum Gasteiger partial charge on any atom is 0.188 e. The Kier molecular flexibility index (Phi) is 8.36. The molecule has 0 amide bonds. The molecular weight excluding hydrogens is 425 g/mol. The minimum Gasteiger partial charge on any atom is -0.381 e. The number of hydrogen-bond donors (Lipinski definition) is 2. The highest BCUT2D eigenvalue weighted by Crippen LogP contribution is 2.38. The van der Waals surface area contributed by atoms with E-state index in [4.69, 9.17) is 22.1 Å². The molecule has 0 spiro atoms. The highest BCUT2D eigenvalue weighted by molar-refractivity contribution is 14.0. The number of halogens is 2. The van der Waals surface area contributed by atoms with Gasteiger partial charge in [-0.25, -0.2) is 0 Å². The molecular formula is C17H25ClIN3O. The van der Waals surface area contributed by atoms with Crippen molar-refractivity contribution >= 4 is 41.5 Å². The van der Waals surface area contributed by atoms with Crippen molar-refractivity contribution in [2.75, 3.05) is 26.3 Å². The van der Waals surface area contributed by atoms with Crippen LogP contribution in [0.5, 0.6) is 0 Å². The monoisotopic (exact) mass is 449 g/mol. The minimum absolute atomic E-state index is 0. The summed E-state index contributed by atoms with van der Waals surface area (Å²) in [5.41, 5.74) is 8.00. The van der Waals surface area contributed by atoms with Crippen LogP contribution in [0.25, 0.3) is 0 Å². The summed E-state index contributed by atoms with van der Waals surface area (Å²) in [7, 11) is 0. The van der Waals surface area contributed by atoms with Crippen LogP contribution >= 0.6 is 35.6 Å². The molecule has 128 valence electrons. The van der Waals surface area contributed by atoms with Gasteiger partial charge in [-0.15, -0.1) is 24.0 Å². The molecule has 1 fully saturated rings. The SMILES string of the molecule is C=C(C)CNC(N)=NCC1(c2ccccc2Cl)CCOCC1.I. The Balaban J connectivity index is 0.00000264. The third-order valence-electron chi connectivity index (χ3n) is 4.02. The van der Waals surface area contributed by atoms with Crippen LogP contribution in [-0.2, 0) is 10.2 Å². The first-order valence-corrected chi connectivity index (χ1v) is 7.92. The van der Waals surface area contributed by atoms with Crippen LogP contribution < -0.4 is 11.1 Å². The van der Waals surface area contributed by atoms with Crippen LogP contribution in [0.2, 0.25) is 5.02 Å². The molecule has 0 radical (unpaired) electrons. The topological polar surface area (TPSA) is 59.6 Å². The summed E-state index contributed by atoms with van der Waals surface area (Å²) in [4.78, 5) is 4.54. The van der Waals surface area contributed by atoms with Crippen LogP contribution in [0.1, 0.15) is 25.3 Å². The quantitative estimate of drug-likeness (QED) is 0.313. The lowest BCUT2D eigenvalue weighted by atomic mass is 9.74. The molecule has 1 aliphatic heterocycles. The van der Waals surface area contributed by atoms with Crippen molar-refractivity contribution in [1.29, 1.82) is 0 Å². The molecule has 0 aromatic heterocycles. The van der Waals surface area contributed by atoms with E-state index in [1.54, 1.807) is 0 Å². The number of hydrogen-bond acceptors (Lipinski definition) is 2. The number of aliphatic imine (C=N–C) groups is 1. The molecule has 0 aliphatic carbocycles. The van der Waals surface area contributed by atoms with Crippen molar-refractivity contribution in [3.63, 3.8) is 0 Å². The number of nitrogens with one attached hydrogen (secondary N) is 1. The molecule has 0 saturated carbocycles. The van der Waals surface area contributed by atoms with E-state index in [0.29, 0.717) is 19.0 Å². The van der Waals surface area contributed by atoms with Gasteiger partial charge in [0.1, 0.15) is 0 Å². The zero-order valence-electron chi connectivity index (χ0n) is 13.5. The van der Waals surface area contributed by atoms with Crippen LogP contribution in [0.3, 0.4) is 0 Å². The number of nitrogens with two attached hydrogens (primary N) is 1. The second-order valence-electron chi connectivity index (χ2n) is 5.88.